The quantitative estimate of drug-likeness (QED) is 0.855. The van der Waals surface area contributed by atoms with Crippen molar-refractivity contribution in [3.63, 3.8) is 0 Å². The summed E-state index contributed by atoms with van der Waals surface area (Å²) in [7, 11) is 0. The average molecular weight is 330 g/mol. The Morgan fingerprint density at radius 1 is 1.35 bits per heavy atom. The summed E-state index contributed by atoms with van der Waals surface area (Å²) >= 11 is 1.58. The third kappa shape index (κ3) is 6.24. The Hall–Kier alpha value is -2.14. The van der Waals surface area contributed by atoms with Gasteiger partial charge in [-0.2, -0.15) is 0 Å². The zero-order valence-electron chi connectivity index (χ0n) is 13.7. The Morgan fingerprint density at radius 3 is 2.70 bits per heavy atom. The first-order valence-corrected chi connectivity index (χ1v) is 8.42. The molecule has 1 amide bonds. The van der Waals surface area contributed by atoms with Crippen LogP contribution in [0.1, 0.15) is 43.8 Å². The van der Waals surface area contributed by atoms with Gasteiger partial charge in [-0.05, 0) is 38.8 Å². The molecular weight excluding hydrogens is 308 g/mol. The van der Waals surface area contributed by atoms with E-state index >= 15 is 0 Å². The molecule has 0 saturated carbocycles. The molecule has 0 saturated heterocycles. The molecule has 1 N–H and O–H groups in total. The predicted molar refractivity (Wildman–Crippen MR) is 94.3 cm³/mol. The van der Waals surface area contributed by atoms with E-state index in [9.17, 15) is 4.79 Å². The van der Waals surface area contributed by atoms with Gasteiger partial charge >= 0.3 is 6.09 Å². The van der Waals surface area contributed by atoms with Crippen molar-refractivity contribution in [1.82, 2.24) is 10.3 Å². The number of thiazole rings is 1. The molecule has 0 aliphatic carbocycles. The van der Waals surface area contributed by atoms with E-state index in [0.717, 1.165) is 10.6 Å². The van der Waals surface area contributed by atoms with Gasteiger partial charge in [0.05, 0.1) is 6.04 Å². The van der Waals surface area contributed by atoms with Crippen molar-refractivity contribution in [1.29, 1.82) is 0 Å². The van der Waals surface area contributed by atoms with Crippen molar-refractivity contribution in [2.45, 2.75) is 38.8 Å². The molecule has 0 bridgehead atoms. The lowest BCUT2D eigenvalue weighted by Gasteiger charge is -2.23. The van der Waals surface area contributed by atoms with E-state index in [4.69, 9.17) is 4.74 Å². The summed E-state index contributed by atoms with van der Waals surface area (Å²) in [4.78, 5) is 16.3. The van der Waals surface area contributed by atoms with Gasteiger partial charge in [0.2, 0.25) is 0 Å². The third-order valence-corrected chi connectivity index (χ3v) is 3.72. The molecule has 122 valence electrons. The minimum absolute atomic E-state index is 0.137. The Bertz CT molecular complexity index is 631. The van der Waals surface area contributed by atoms with E-state index in [1.807, 2.05) is 68.6 Å². The van der Waals surface area contributed by atoms with Crippen LogP contribution in [0.2, 0.25) is 0 Å². The maximum absolute atomic E-state index is 12.1. The number of nitrogens with zero attached hydrogens (tertiary/aromatic N) is 1. The average Bonchev–Trinajstić information content (AvgIpc) is 2.98. The topological polar surface area (TPSA) is 51.2 Å². The Kier molecular flexibility index (Phi) is 5.93. The largest absolute Gasteiger partial charge is 0.444 e. The molecule has 0 radical (unpaired) electrons. The highest BCUT2D eigenvalue weighted by Crippen LogP contribution is 2.19. The summed E-state index contributed by atoms with van der Waals surface area (Å²) in [6.45, 7) is 5.56. The van der Waals surface area contributed by atoms with Crippen LogP contribution < -0.4 is 5.32 Å². The maximum atomic E-state index is 12.1. The third-order valence-electron chi connectivity index (χ3n) is 2.98. The van der Waals surface area contributed by atoms with E-state index < -0.39 is 11.7 Å². The SMILES string of the molecule is CC(C)(C)OC(=O)N[C@H](C/C=C/c1nccs1)c1ccccc1. The Morgan fingerprint density at radius 2 is 2.09 bits per heavy atom. The molecule has 0 unspecified atom stereocenters. The summed E-state index contributed by atoms with van der Waals surface area (Å²) in [5, 5.41) is 5.83. The molecule has 23 heavy (non-hydrogen) atoms. The van der Waals surface area contributed by atoms with Crippen molar-refractivity contribution in [3.8, 4) is 0 Å². The molecule has 4 nitrogen and oxygen atoms in total. The predicted octanol–water partition coefficient (Wildman–Crippen LogP) is 4.81. The summed E-state index contributed by atoms with van der Waals surface area (Å²) in [6.07, 6.45) is 6.03. The lowest BCUT2D eigenvalue weighted by Crippen LogP contribution is -2.34. The van der Waals surface area contributed by atoms with Gasteiger partial charge < -0.3 is 10.1 Å². The van der Waals surface area contributed by atoms with Gasteiger partial charge in [-0.15, -0.1) is 11.3 Å². The van der Waals surface area contributed by atoms with Crippen LogP contribution in [0.3, 0.4) is 0 Å². The standard InChI is InChI=1S/C18H22N2O2S/c1-18(2,3)22-17(21)20-15(14-8-5-4-6-9-14)10-7-11-16-19-12-13-23-16/h4-9,11-13,15H,10H2,1-3H3,(H,20,21)/b11-7+/t15-/m1/s1. The van der Waals surface area contributed by atoms with Crippen LogP contribution in [-0.2, 0) is 4.74 Å². The zero-order chi connectivity index (χ0) is 16.7. The zero-order valence-corrected chi connectivity index (χ0v) is 14.5. The number of rotatable bonds is 5. The number of hydrogen-bond donors (Lipinski definition) is 1. The Balaban J connectivity index is 2.05. The number of aromatic nitrogens is 1. The number of carbonyl (C=O) groups is 1. The minimum Gasteiger partial charge on any atom is -0.444 e. The number of alkyl carbamates (subject to hydrolysis) is 1. The van der Waals surface area contributed by atoms with Gasteiger partial charge in [0.1, 0.15) is 10.6 Å². The fraction of sp³-hybridized carbons (Fsp3) is 0.333. The van der Waals surface area contributed by atoms with Crippen LogP contribution >= 0.6 is 11.3 Å². The minimum atomic E-state index is -0.512. The smallest absolute Gasteiger partial charge is 0.408 e. The lowest BCUT2D eigenvalue weighted by atomic mass is 10.0. The normalized spacial score (nSPS) is 13.0. The summed E-state index contributed by atoms with van der Waals surface area (Å²) < 4.78 is 5.36. The van der Waals surface area contributed by atoms with Gasteiger partial charge in [-0.25, -0.2) is 9.78 Å². The van der Waals surface area contributed by atoms with Gasteiger partial charge in [0.15, 0.2) is 0 Å². The van der Waals surface area contributed by atoms with E-state index in [1.54, 1.807) is 17.5 Å². The molecule has 5 heteroatoms. The van der Waals surface area contributed by atoms with Crippen LogP contribution in [0.5, 0.6) is 0 Å². The molecule has 0 spiro atoms. The van der Waals surface area contributed by atoms with Crippen LogP contribution in [-0.4, -0.2) is 16.7 Å². The number of benzene rings is 1. The van der Waals surface area contributed by atoms with Gasteiger partial charge in [-0.1, -0.05) is 36.4 Å². The van der Waals surface area contributed by atoms with Gasteiger partial charge in [-0.3, -0.25) is 0 Å². The monoisotopic (exact) mass is 330 g/mol. The molecule has 2 rings (SSSR count). The number of nitrogens with one attached hydrogen (secondary N) is 1. The highest BCUT2D eigenvalue weighted by Gasteiger charge is 2.19. The van der Waals surface area contributed by atoms with Crippen LogP contribution in [0, 0.1) is 0 Å². The summed E-state index contributed by atoms with van der Waals surface area (Å²) in [5.74, 6) is 0. The number of carbonyl (C=O) groups excluding carboxylic acids is 1. The Labute approximate surface area is 141 Å². The van der Waals surface area contributed by atoms with Gasteiger partial charge in [0, 0.05) is 11.6 Å². The molecule has 1 heterocycles. The van der Waals surface area contributed by atoms with E-state index in [-0.39, 0.29) is 6.04 Å². The molecule has 0 fully saturated rings. The van der Waals surface area contributed by atoms with Crippen molar-refractivity contribution < 1.29 is 9.53 Å². The molecule has 0 aliphatic rings. The van der Waals surface area contributed by atoms with Crippen LogP contribution in [0.15, 0.2) is 48.0 Å². The van der Waals surface area contributed by atoms with Gasteiger partial charge in [0.25, 0.3) is 0 Å². The summed E-state index contributed by atoms with van der Waals surface area (Å²) in [6, 6.07) is 9.74. The lowest BCUT2D eigenvalue weighted by molar-refractivity contribution is 0.0504. The van der Waals surface area contributed by atoms with E-state index in [0.29, 0.717) is 6.42 Å². The second-order valence-electron chi connectivity index (χ2n) is 6.12. The fourth-order valence-electron chi connectivity index (χ4n) is 2.04. The molecule has 1 aromatic heterocycles. The molecule has 1 aromatic carbocycles. The van der Waals surface area contributed by atoms with E-state index in [1.165, 1.54) is 0 Å². The van der Waals surface area contributed by atoms with Crippen molar-refractivity contribution in [2.75, 3.05) is 0 Å². The molecule has 0 aliphatic heterocycles. The first-order valence-electron chi connectivity index (χ1n) is 7.54. The van der Waals surface area contributed by atoms with Crippen LogP contribution in [0.4, 0.5) is 4.79 Å². The fourth-order valence-corrected chi connectivity index (χ4v) is 2.59. The first-order chi connectivity index (χ1) is 10.9. The molecular formula is C18H22N2O2S. The second kappa shape index (κ2) is 7.92. The number of amides is 1. The first kappa shape index (κ1) is 17.2. The number of ether oxygens (including phenoxy) is 1. The highest BCUT2D eigenvalue weighted by molar-refractivity contribution is 7.10. The highest BCUT2D eigenvalue weighted by atomic mass is 32.1. The maximum Gasteiger partial charge on any atom is 0.408 e. The van der Waals surface area contributed by atoms with Crippen LogP contribution in [0.25, 0.3) is 6.08 Å². The molecule has 1 atom stereocenters. The van der Waals surface area contributed by atoms with Crippen molar-refractivity contribution in [3.05, 3.63) is 58.6 Å². The molecule has 2 aromatic rings. The van der Waals surface area contributed by atoms with Crippen molar-refractivity contribution in [2.24, 2.45) is 0 Å². The number of hydrogen-bond acceptors (Lipinski definition) is 4. The summed E-state index contributed by atoms with van der Waals surface area (Å²) in [5.41, 5.74) is 0.532. The van der Waals surface area contributed by atoms with Crippen molar-refractivity contribution >= 4 is 23.5 Å². The van der Waals surface area contributed by atoms with E-state index in [2.05, 4.69) is 10.3 Å². The second-order valence-corrected chi connectivity index (χ2v) is 7.04.